The lowest BCUT2D eigenvalue weighted by Gasteiger charge is -2.32. The number of aliphatic imine (C=N–C) groups is 1. The molecule has 2 saturated heterocycles. The fourth-order valence-corrected chi connectivity index (χ4v) is 5.42. The van der Waals surface area contributed by atoms with E-state index in [2.05, 4.69) is 88.0 Å². The van der Waals surface area contributed by atoms with Gasteiger partial charge in [-0.25, -0.2) is 0 Å². The molecule has 2 aromatic carbocycles. The smallest absolute Gasteiger partial charge is 0.245 e. The molecule has 226 valence electrons. The standard InChI is InChI=1S/C34H44N8O/c1-5-31(43)42-16-14-29(15-17-42)39-34(38-3)32(33(36)37)30(35)13-12-27-22-28(9-6-24(27)2)26-10-7-25(8-11-26)23-41-20-18-40(4)19-21-41/h5-11,22,29H,1,14-21,23,35H2,2-4H3,(H3,36,37)(H,38,39)/b32-30-. The molecule has 43 heavy (non-hydrogen) atoms. The van der Waals surface area contributed by atoms with Crippen LogP contribution in [-0.2, 0) is 11.3 Å². The Morgan fingerprint density at radius 3 is 2.33 bits per heavy atom. The molecule has 6 N–H and O–H groups in total. The van der Waals surface area contributed by atoms with E-state index in [0.717, 1.165) is 67.8 Å². The van der Waals surface area contributed by atoms with Crippen molar-refractivity contribution in [2.75, 3.05) is 53.4 Å². The van der Waals surface area contributed by atoms with Gasteiger partial charge in [0.15, 0.2) is 0 Å². The first-order chi connectivity index (χ1) is 20.7. The first-order valence-corrected chi connectivity index (χ1v) is 14.8. The number of aryl methyl sites for hydroxylation is 1. The molecule has 1 amide bonds. The lowest BCUT2D eigenvalue weighted by Crippen LogP contribution is -2.47. The highest BCUT2D eigenvalue weighted by Crippen LogP contribution is 2.23. The van der Waals surface area contributed by atoms with Crippen molar-refractivity contribution in [2.45, 2.75) is 32.4 Å². The van der Waals surface area contributed by atoms with E-state index < -0.39 is 0 Å². The summed E-state index contributed by atoms with van der Waals surface area (Å²) < 4.78 is 0. The van der Waals surface area contributed by atoms with Crippen LogP contribution in [0.15, 0.2) is 71.4 Å². The van der Waals surface area contributed by atoms with Crippen LogP contribution in [0.25, 0.3) is 11.1 Å². The number of amides is 1. The van der Waals surface area contributed by atoms with Gasteiger partial charge in [0.25, 0.3) is 0 Å². The van der Waals surface area contributed by atoms with Crippen LogP contribution < -0.4 is 16.8 Å². The molecule has 4 rings (SSSR count). The Kier molecular flexibility index (Phi) is 10.8. The number of piperidine rings is 1. The van der Waals surface area contributed by atoms with Crippen molar-refractivity contribution >= 4 is 17.6 Å². The zero-order chi connectivity index (χ0) is 30.9. The van der Waals surface area contributed by atoms with E-state index in [0.29, 0.717) is 18.9 Å². The van der Waals surface area contributed by atoms with Gasteiger partial charge in [0.1, 0.15) is 11.7 Å². The molecule has 2 fully saturated rings. The molecule has 2 aromatic rings. The number of rotatable bonds is 7. The van der Waals surface area contributed by atoms with Crippen molar-refractivity contribution in [3.8, 4) is 23.0 Å². The Hall–Kier alpha value is -4.39. The number of nitrogens with one attached hydrogen (secondary N) is 2. The molecule has 0 unspecified atom stereocenters. The fraction of sp³-hybridized carbons (Fsp3) is 0.382. The Labute approximate surface area is 255 Å². The number of carbonyl (C=O) groups is 1. The summed E-state index contributed by atoms with van der Waals surface area (Å²) in [5.74, 6) is 6.39. The Morgan fingerprint density at radius 2 is 1.72 bits per heavy atom. The van der Waals surface area contributed by atoms with Crippen LogP contribution in [0, 0.1) is 24.2 Å². The normalized spacial score (nSPS) is 17.5. The maximum atomic E-state index is 11.9. The van der Waals surface area contributed by atoms with Crippen LogP contribution >= 0.6 is 0 Å². The Balaban J connectivity index is 1.48. The highest BCUT2D eigenvalue weighted by molar-refractivity contribution is 6.22. The first-order valence-electron chi connectivity index (χ1n) is 14.8. The van der Waals surface area contributed by atoms with Crippen LogP contribution in [0.4, 0.5) is 0 Å². The number of hydrogen-bond donors (Lipinski definition) is 4. The van der Waals surface area contributed by atoms with Gasteiger partial charge in [-0.3, -0.25) is 20.1 Å². The summed E-state index contributed by atoms with van der Waals surface area (Å²) in [5, 5.41) is 11.6. The third-order valence-corrected chi connectivity index (χ3v) is 8.18. The zero-order valence-corrected chi connectivity index (χ0v) is 25.6. The molecule has 2 heterocycles. The molecule has 0 atom stereocenters. The van der Waals surface area contributed by atoms with Gasteiger partial charge in [0, 0.05) is 64.5 Å². The maximum Gasteiger partial charge on any atom is 0.245 e. The average Bonchev–Trinajstić information content (AvgIpc) is 3.01. The van der Waals surface area contributed by atoms with E-state index >= 15 is 0 Å². The number of amidine groups is 2. The Morgan fingerprint density at radius 1 is 1.07 bits per heavy atom. The van der Waals surface area contributed by atoms with Gasteiger partial charge in [0.2, 0.25) is 5.91 Å². The molecule has 0 aromatic heterocycles. The third-order valence-electron chi connectivity index (χ3n) is 8.18. The van der Waals surface area contributed by atoms with Crippen LogP contribution in [0.2, 0.25) is 0 Å². The number of likely N-dealkylation sites (N-methyl/N-ethyl adjacent to an activating group) is 1. The van der Waals surface area contributed by atoms with Crippen LogP contribution in [0.1, 0.15) is 29.5 Å². The Bertz CT molecular complexity index is 1450. The van der Waals surface area contributed by atoms with Gasteiger partial charge < -0.3 is 26.6 Å². The van der Waals surface area contributed by atoms with Crippen molar-refractivity contribution in [3.63, 3.8) is 0 Å². The monoisotopic (exact) mass is 580 g/mol. The minimum atomic E-state index is -0.207. The zero-order valence-electron chi connectivity index (χ0n) is 25.6. The molecule has 9 heteroatoms. The van der Waals surface area contributed by atoms with E-state index in [4.69, 9.17) is 16.9 Å². The number of carbonyl (C=O) groups excluding carboxylic acids is 1. The lowest BCUT2D eigenvalue weighted by atomic mass is 9.98. The number of likely N-dealkylation sites (tertiary alicyclic amines) is 1. The lowest BCUT2D eigenvalue weighted by molar-refractivity contribution is -0.127. The van der Waals surface area contributed by atoms with Crippen molar-refractivity contribution in [2.24, 2.45) is 16.5 Å². The van der Waals surface area contributed by atoms with E-state index in [1.807, 2.05) is 6.92 Å². The minimum Gasteiger partial charge on any atom is -0.391 e. The number of piperazine rings is 1. The van der Waals surface area contributed by atoms with Crippen LogP contribution in [-0.4, -0.2) is 91.7 Å². The van der Waals surface area contributed by atoms with Gasteiger partial charge >= 0.3 is 0 Å². The number of nitrogens with two attached hydrogens (primary N) is 2. The topological polar surface area (TPSA) is 127 Å². The SMILES string of the molecule is C=CC(=O)N1CCC(NC(=NC)/C(C(=N)N)=C(\N)C#Cc2cc(-c3ccc(CN4CCN(C)CC4)cc3)ccc2C)CC1. The quantitative estimate of drug-likeness (QED) is 0.173. The van der Waals surface area contributed by atoms with Crippen molar-refractivity contribution in [3.05, 3.63) is 83.1 Å². The second-order valence-electron chi connectivity index (χ2n) is 11.3. The summed E-state index contributed by atoms with van der Waals surface area (Å²) >= 11 is 0. The fourth-order valence-electron chi connectivity index (χ4n) is 5.42. The average molecular weight is 581 g/mol. The summed E-state index contributed by atoms with van der Waals surface area (Å²) in [7, 11) is 3.81. The molecule has 0 bridgehead atoms. The molecule has 0 saturated carbocycles. The van der Waals surface area contributed by atoms with E-state index in [1.54, 1.807) is 11.9 Å². The maximum absolute atomic E-state index is 11.9. The summed E-state index contributed by atoms with van der Waals surface area (Å²) in [4.78, 5) is 22.9. The second kappa shape index (κ2) is 14.7. The molecular weight excluding hydrogens is 536 g/mol. The molecule has 2 aliphatic heterocycles. The van der Waals surface area contributed by atoms with Gasteiger partial charge in [-0.15, -0.1) is 0 Å². The van der Waals surface area contributed by atoms with Crippen LogP contribution in [0.3, 0.4) is 0 Å². The number of hydrogen-bond acceptors (Lipinski definition) is 6. The number of allylic oxidation sites excluding steroid dienone is 1. The van der Waals surface area contributed by atoms with Crippen molar-refractivity contribution in [1.29, 1.82) is 5.41 Å². The summed E-state index contributed by atoms with van der Waals surface area (Å²) in [6, 6.07) is 15.1. The van der Waals surface area contributed by atoms with Gasteiger partial charge in [0.05, 0.1) is 11.3 Å². The number of nitrogens with zero attached hydrogens (tertiary/aromatic N) is 4. The largest absolute Gasteiger partial charge is 0.391 e. The van der Waals surface area contributed by atoms with Crippen molar-refractivity contribution < 1.29 is 4.79 Å². The van der Waals surface area contributed by atoms with Crippen molar-refractivity contribution in [1.82, 2.24) is 20.0 Å². The predicted octanol–water partition coefficient (Wildman–Crippen LogP) is 2.70. The predicted molar refractivity (Wildman–Crippen MR) is 176 cm³/mol. The molecule has 2 aliphatic rings. The highest BCUT2D eigenvalue weighted by atomic mass is 16.2. The molecule has 0 spiro atoms. The van der Waals surface area contributed by atoms with Gasteiger partial charge in [-0.1, -0.05) is 48.9 Å². The first kappa shape index (κ1) is 31.5. The van der Waals surface area contributed by atoms with E-state index in [1.165, 1.54) is 11.6 Å². The third kappa shape index (κ3) is 8.34. The second-order valence-corrected chi connectivity index (χ2v) is 11.3. The van der Waals surface area contributed by atoms with E-state index in [-0.39, 0.29) is 29.1 Å². The van der Waals surface area contributed by atoms with Gasteiger partial charge in [-0.2, -0.15) is 0 Å². The summed E-state index contributed by atoms with van der Waals surface area (Å²) in [6.07, 6.45) is 2.81. The van der Waals surface area contributed by atoms with E-state index in [9.17, 15) is 4.79 Å². The summed E-state index contributed by atoms with van der Waals surface area (Å²) in [5.41, 5.74) is 18.2. The number of benzene rings is 2. The van der Waals surface area contributed by atoms with Crippen LogP contribution in [0.5, 0.6) is 0 Å². The molecule has 0 aliphatic carbocycles. The highest BCUT2D eigenvalue weighted by Gasteiger charge is 2.24. The molecule has 0 radical (unpaired) electrons. The molecular formula is C34H44N8O. The summed E-state index contributed by atoms with van der Waals surface area (Å²) in [6.45, 7) is 12.2. The minimum absolute atomic E-state index is 0.0644. The van der Waals surface area contributed by atoms with Gasteiger partial charge in [-0.05, 0) is 67.1 Å². The molecule has 9 nitrogen and oxygen atoms in total.